The van der Waals surface area contributed by atoms with Gasteiger partial charge in [0.2, 0.25) is 0 Å². The van der Waals surface area contributed by atoms with E-state index in [1.807, 2.05) is 0 Å². The van der Waals surface area contributed by atoms with Crippen LogP contribution in [0.25, 0.3) is 0 Å². The van der Waals surface area contributed by atoms with Crippen molar-refractivity contribution >= 4 is 23.3 Å². The number of halogens is 1. The average molecular weight is 286 g/mol. The summed E-state index contributed by atoms with van der Waals surface area (Å²) in [6, 6.07) is 2.71. The van der Waals surface area contributed by atoms with Gasteiger partial charge in [0.15, 0.2) is 5.69 Å². The van der Waals surface area contributed by atoms with Crippen molar-refractivity contribution in [2.45, 2.75) is 31.1 Å². The largest absolute Gasteiger partial charge is 0.358 e. The molecule has 2 N–H and O–H groups in total. The van der Waals surface area contributed by atoms with Gasteiger partial charge in [-0.1, -0.05) is 0 Å². The molecule has 19 heavy (non-hydrogen) atoms. The third-order valence-electron chi connectivity index (χ3n) is 3.44. The molecule has 0 bridgehead atoms. The van der Waals surface area contributed by atoms with Crippen molar-refractivity contribution in [1.82, 2.24) is 10.3 Å². The Kier molecular flexibility index (Phi) is 4.42. The van der Waals surface area contributed by atoms with Gasteiger partial charge in [-0.15, -0.1) is 11.6 Å². The van der Waals surface area contributed by atoms with Gasteiger partial charge in [-0.2, -0.15) is 0 Å². The molecule has 0 atom stereocenters. The third-order valence-corrected chi connectivity index (χ3v) is 3.88. The second-order valence-electron chi connectivity index (χ2n) is 4.84. The molecule has 2 rings (SSSR count). The number of alkyl halides is 1. The fraction of sp³-hybridized carbons (Fsp3) is 0.583. The fourth-order valence-corrected chi connectivity index (χ4v) is 2.53. The summed E-state index contributed by atoms with van der Waals surface area (Å²) in [6.45, 7) is 0.593. The van der Waals surface area contributed by atoms with Gasteiger partial charge in [-0.25, -0.2) is 4.98 Å². The van der Waals surface area contributed by atoms with Crippen LogP contribution in [0.1, 0.15) is 36.2 Å². The number of rotatable bonds is 4. The van der Waals surface area contributed by atoms with Gasteiger partial charge in [-0.05, 0) is 42.6 Å². The highest BCUT2D eigenvalue weighted by Gasteiger charge is 2.21. The van der Waals surface area contributed by atoms with Crippen LogP contribution in [0, 0.1) is 16.0 Å². The van der Waals surface area contributed by atoms with Crippen LogP contribution in [0.4, 0.5) is 5.82 Å². The van der Waals surface area contributed by atoms with Crippen molar-refractivity contribution in [1.29, 1.82) is 0 Å². The van der Waals surface area contributed by atoms with Crippen molar-refractivity contribution in [3.05, 3.63) is 27.9 Å². The number of nitrogens with zero attached hydrogens (tertiary/aromatic N) is 1. The summed E-state index contributed by atoms with van der Waals surface area (Å²) in [5.41, 5.74) is 0.220. The number of hydrogen-bond donors (Lipinski definition) is 2. The van der Waals surface area contributed by atoms with E-state index in [1.54, 1.807) is 0 Å². The SMILES string of the molecule is O=C(NCC1CCC(Cl)CC1)c1ccc([N+](=O)[O-])[nH]1. The van der Waals surface area contributed by atoms with E-state index in [0.29, 0.717) is 12.5 Å². The van der Waals surface area contributed by atoms with Gasteiger partial charge < -0.3 is 15.4 Å². The van der Waals surface area contributed by atoms with Crippen LogP contribution < -0.4 is 5.32 Å². The molecule has 1 saturated carbocycles. The molecule has 104 valence electrons. The highest BCUT2D eigenvalue weighted by atomic mass is 35.5. The van der Waals surface area contributed by atoms with Crippen molar-refractivity contribution in [3.8, 4) is 0 Å². The lowest BCUT2D eigenvalue weighted by Gasteiger charge is -2.24. The highest BCUT2D eigenvalue weighted by Crippen LogP contribution is 2.27. The summed E-state index contributed by atoms with van der Waals surface area (Å²) < 4.78 is 0. The van der Waals surface area contributed by atoms with Crippen LogP contribution in [-0.2, 0) is 0 Å². The summed E-state index contributed by atoms with van der Waals surface area (Å²) in [6.07, 6.45) is 3.99. The van der Waals surface area contributed by atoms with Crippen molar-refractivity contribution in [2.24, 2.45) is 5.92 Å². The van der Waals surface area contributed by atoms with E-state index in [-0.39, 0.29) is 22.8 Å². The van der Waals surface area contributed by atoms with Gasteiger partial charge in [0.05, 0.1) is 0 Å². The summed E-state index contributed by atoms with van der Waals surface area (Å²) in [5.74, 6) is -0.0298. The molecule has 0 aromatic carbocycles. The van der Waals surface area contributed by atoms with Crippen LogP contribution >= 0.6 is 11.6 Å². The maximum absolute atomic E-state index is 11.8. The molecule has 1 heterocycles. The molecule has 0 saturated heterocycles. The Morgan fingerprint density at radius 2 is 2.11 bits per heavy atom. The molecule has 1 aromatic heterocycles. The summed E-state index contributed by atoms with van der Waals surface area (Å²) in [7, 11) is 0. The number of H-pyrrole nitrogens is 1. The molecule has 0 unspecified atom stereocenters. The van der Waals surface area contributed by atoms with Crippen molar-refractivity contribution in [2.75, 3.05) is 6.54 Å². The molecule has 0 aliphatic heterocycles. The second-order valence-corrected chi connectivity index (χ2v) is 5.46. The minimum absolute atomic E-state index is 0.173. The monoisotopic (exact) mass is 285 g/mol. The Morgan fingerprint density at radius 1 is 1.42 bits per heavy atom. The summed E-state index contributed by atoms with van der Waals surface area (Å²) in [4.78, 5) is 24.2. The first kappa shape index (κ1) is 13.9. The first-order chi connectivity index (χ1) is 9.06. The Balaban J connectivity index is 1.82. The zero-order valence-corrected chi connectivity index (χ0v) is 11.2. The number of carbonyl (C=O) groups excluding carboxylic acids is 1. The average Bonchev–Trinajstić information content (AvgIpc) is 2.87. The van der Waals surface area contributed by atoms with Gasteiger partial charge in [-0.3, -0.25) is 4.79 Å². The number of aromatic amines is 1. The van der Waals surface area contributed by atoms with E-state index in [1.165, 1.54) is 12.1 Å². The standard InChI is InChI=1S/C12H16ClN3O3/c13-9-3-1-8(2-4-9)7-14-12(17)10-5-6-11(15-10)16(18)19/h5-6,8-9,15H,1-4,7H2,(H,14,17). The second kappa shape index (κ2) is 6.06. The van der Waals surface area contributed by atoms with E-state index in [9.17, 15) is 14.9 Å². The lowest BCUT2D eigenvalue weighted by molar-refractivity contribution is -0.389. The Morgan fingerprint density at radius 3 is 2.68 bits per heavy atom. The smallest absolute Gasteiger partial charge is 0.321 e. The Bertz CT molecular complexity index is 467. The first-order valence-corrected chi connectivity index (χ1v) is 6.75. The van der Waals surface area contributed by atoms with Gasteiger partial charge in [0.25, 0.3) is 5.91 Å². The van der Waals surface area contributed by atoms with E-state index in [0.717, 1.165) is 25.7 Å². The fourth-order valence-electron chi connectivity index (χ4n) is 2.28. The van der Waals surface area contributed by atoms with Crippen LogP contribution in [0.2, 0.25) is 0 Å². The molecule has 6 nitrogen and oxygen atoms in total. The van der Waals surface area contributed by atoms with E-state index in [2.05, 4.69) is 10.3 Å². The molecule has 7 heteroatoms. The molecular weight excluding hydrogens is 270 g/mol. The van der Waals surface area contributed by atoms with Crippen LogP contribution in [0.15, 0.2) is 12.1 Å². The normalized spacial score (nSPS) is 23.0. The predicted molar refractivity (Wildman–Crippen MR) is 71.4 cm³/mol. The number of nitro groups is 1. The maximum Gasteiger partial charge on any atom is 0.321 e. The molecule has 1 aliphatic carbocycles. The zero-order valence-electron chi connectivity index (χ0n) is 10.4. The molecule has 1 aliphatic rings. The number of aromatic nitrogens is 1. The first-order valence-electron chi connectivity index (χ1n) is 6.32. The van der Waals surface area contributed by atoms with E-state index in [4.69, 9.17) is 11.6 Å². The molecule has 1 aromatic rings. The number of carbonyl (C=O) groups is 1. The van der Waals surface area contributed by atoms with Crippen LogP contribution in [0.3, 0.4) is 0 Å². The predicted octanol–water partition coefficient (Wildman–Crippen LogP) is 2.45. The maximum atomic E-state index is 11.8. The summed E-state index contributed by atoms with van der Waals surface area (Å²) in [5, 5.41) is 13.6. The van der Waals surface area contributed by atoms with Crippen LogP contribution in [-0.4, -0.2) is 27.7 Å². The third kappa shape index (κ3) is 3.70. The molecular formula is C12H16ClN3O3. The topological polar surface area (TPSA) is 88.0 Å². The highest BCUT2D eigenvalue weighted by molar-refractivity contribution is 6.20. The zero-order chi connectivity index (χ0) is 13.8. The number of hydrogen-bond acceptors (Lipinski definition) is 3. The summed E-state index contributed by atoms with van der Waals surface area (Å²) >= 11 is 6.02. The number of nitrogens with one attached hydrogen (secondary N) is 2. The molecule has 0 radical (unpaired) electrons. The van der Waals surface area contributed by atoms with Gasteiger partial charge in [0, 0.05) is 18.0 Å². The van der Waals surface area contributed by atoms with Crippen LogP contribution in [0.5, 0.6) is 0 Å². The van der Waals surface area contributed by atoms with Crippen molar-refractivity contribution < 1.29 is 9.72 Å². The van der Waals surface area contributed by atoms with Gasteiger partial charge in [0.1, 0.15) is 0 Å². The lowest BCUT2D eigenvalue weighted by atomic mass is 9.89. The minimum Gasteiger partial charge on any atom is -0.358 e. The molecule has 1 amide bonds. The van der Waals surface area contributed by atoms with E-state index < -0.39 is 4.92 Å². The van der Waals surface area contributed by atoms with E-state index >= 15 is 0 Å². The quantitative estimate of drug-likeness (QED) is 0.506. The Labute approximate surface area is 115 Å². The lowest BCUT2D eigenvalue weighted by Crippen LogP contribution is -2.31. The number of amides is 1. The molecule has 1 fully saturated rings. The molecule has 0 spiro atoms. The Hall–Kier alpha value is -1.56. The minimum atomic E-state index is -0.557. The van der Waals surface area contributed by atoms with Crippen molar-refractivity contribution in [3.63, 3.8) is 0 Å². The van der Waals surface area contributed by atoms with Gasteiger partial charge >= 0.3 is 5.82 Å².